The molecule has 0 radical (unpaired) electrons. The van der Waals surface area contributed by atoms with E-state index in [2.05, 4.69) is 28.9 Å². The smallest absolute Gasteiger partial charge is 0.253 e. The number of carbonyl (C=O) groups is 1. The summed E-state index contributed by atoms with van der Waals surface area (Å²) in [5.41, 5.74) is 3.77. The second kappa shape index (κ2) is 8.53. The Bertz CT molecular complexity index is 990. The van der Waals surface area contributed by atoms with Crippen molar-refractivity contribution >= 4 is 11.6 Å². The summed E-state index contributed by atoms with van der Waals surface area (Å²) in [7, 11) is 4.85. The molecule has 0 bridgehead atoms. The zero-order valence-corrected chi connectivity index (χ0v) is 18.7. The predicted octanol–water partition coefficient (Wildman–Crippen LogP) is 4.68. The molecule has 0 spiro atoms. The van der Waals surface area contributed by atoms with Crippen LogP contribution in [0.3, 0.4) is 0 Å². The first-order valence-electron chi connectivity index (χ1n) is 10.6. The summed E-state index contributed by atoms with van der Waals surface area (Å²) in [4.78, 5) is 12.9. The molecule has 6 heteroatoms. The summed E-state index contributed by atoms with van der Waals surface area (Å²) in [6.45, 7) is 3.93. The van der Waals surface area contributed by atoms with Gasteiger partial charge in [-0.15, -0.1) is 0 Å². The molecule has 1 heterocycles. The van der Waals surface area contributed by atoms with Gasteiger partial charge in [-0.2, -0.15) is 0 Å². The number of ether oxygens (including phenoxy) is 3. The molecule has 2 aliphatic rings. The average Bonchev–Trinajstić information content (AvgIpc) is 3.26. The van der Waals surface area contributed by atoms with Crippen molar-refractivity contribution in [2.45, 2.75) is 38.3 Å². The molecule has 6 nitrogen and oxygen atoms in total. The highest BCUT2D eigenvalue weighted by Crippen LogP contribution is 2.52. The Morgan fingerprint density at radius 3 is 2.42 bits per heavy atom. The van der Waals surface area contributed by atoms with Gasteiger partial charge in [-0.05, 0) is 55.5 Å². The van der Waals surface area contributed by atoms with Crippen molar-refractivity contribution in [1.29, 1.82) is 0 Å². The van der Waals surface area contributed by atoms with Crippen molar-refractivity contribution < 1.29 is 19.0 Å². The van der Waals surface area contributed by atoms with Crippen molar-refractivity contribution in [3.05, 3.63) is 59.2 Å². The van der Waals surface area contributed by atoms with Crippen molar-refractivity contribution in [2.75, 3.05) is 26.6 Å². The van der Waals surface area contributed by atoms with Gasteiger partial charge in [0.05, 0.1) is 38.6 Å². The fourth-order valence-corrected chi connectivity index (χ4v) is 4.76. The fourth-order valence-electron chi connectivity index (χ4n) is 4.76. The van der Waals surface area contributed by atoms with Gasteiger partial charge in [0.1, 0.15) is 0 Å². The number of methoxy groups -OCH3 is 3. The second-order valence-corrected chi connectivity index (χ2v) is 8.33. The van der Waals surface area contributed by atoms with E-state index in [1.807, 2.05) is 38.1 Å². The maximum absolute atomic E-state index is 12.9. The molecule has 2 aromatic rings. The van der Waals surface area contributed by atoms with Gasteiger partial charge in [0, 0.05) is 12.0 Å². The first kappa shape index (κ1) is 21.1. The molecule has 0 aromatic heterocycles. The maximum Gasteiger partial charge on any atom is 0.253 e. The Kier molecular flexibility index (Phi) is 5.81. The Balaban J connectivity index is 1.81. The molecule has 0 saturated carbocycles. The molecular formula is C25H30N2O4. The second-order valence-electron chi connectivity index (χ2n) is 8.33. The molecule has 0 saturated heterocycles. The zero-order chi connectivity index (χ0) is 22.1. The van der Waals surface area contributed by atoms with E-state index in [-0.39, 0.29) is 23.9 Å². The number of amides is 1. The van der Waals surface area contributed by atoms with Crippen LogP contribution in [0.2, 0.25) is 0 Å². The molecule has 2 aromatic carbocycles. The minimum Gasteiger partial charge on any atom is -0.493 e. The van der Waals surface area contributed by atoms with E-state index in [0.717, 1.165) is 17.7 Å². The minimum absolute atomic E-state index is 0.00536. The van der Waals surface area contributed by atoms with Gasteiger partial charge in [0.15, 0.2) is 11.5 Å². The molecule has 31 heavy (non-hydrogen) atoms. The molecule has 3 atom stereocenters. The van der Waals surface area contributed by atoms with Gasteiger partial charge in [-0.25, -0.2) is 0 Å². The van der Waals surface area contributed by atoms with Crippen LogP contribution in [-0.2, 0) is 0 Å². The van der Waals surface area contributed by atoms with E-state index in [4.69, 9.17) is 14.2 Å². The van der Waals surface area contributed by atoms with Gasteiger partial charge in [-0.1, -0.05) is 24.3 Å². The maximum atomic E-state index is 12.9. The minimum atomic E-state index is -0.0663. The van der Waals surface area contributed by atoms with Crippen molar-refractivity contribution in [2.24, 2.45) is 5.92 Å². The normalized spacial score (nSPS) is 21.2. The zero-order valence-electron chi connectivity index (χ0n) is 18.7. The Morgan fingerprint density at radius 2 is 1.81 bits per heavy atom. The lowest BCUT2D eigenvalue weighted by Crippen LogP contribution is -2.34. The standard InChI is InChI=1S/C25H30N2O4/c1-14(2)26-25(28)19-11-7-10-18-16-8-6-9-17(16)22(27-23(18)19)15-12-20(29-3)24(31-5)21(13-15)30-4/h6-8,10-14,16-17,22,27H,9H2,1-5H3,(H,26,28). The number of benzene rings is 2. The number of nitrogens with one attached hydrogen (secondary N) is 2. The molecule has 0 fully saturated rings. The van der Waals surface area contributed by atoms with E-state index in [1.54, 1.807) is 21.3 Å². The molecular weight excluding hydrogens is 392 g/mol. The largest absolute Gasteiger partial charge is 0.493 e. The monoisotopic (exact) mass is 422 g/mol. The van der Waals surface area contributed by atoms with Crippen LogP contribution in [0.5, 0.6) is 17.2 Å². The van der Waals surface area contributed by atoms with Crippen LogP contribution in [-0.4, -0.2) is 33.3 Å². The van der Waals surface area contributed by atoms with E-state index >= 15 is 0 Å². The third kappa shape index (κ3) is 3.71. The molecule has 3 unspecified atom stereocenters. The van der Waals surface area contributed by atoms with Crippen molar-refractivity contribution in [3.63, 3.8) is 0 Å². The number of hydrogen-bond acceptors (Lipinski definition) is 5. The number of allylic oxidation sites excluding steroid dienone is 2. The summed E-state index contributed by atoms with van der Waals surface area (Å²) in [6, 6.07) is 10.0. The van der Waals surface area contributed by atoms with Gasteiger partial charge in [0.2, 0.25) is 5.75 Å². The lowest BCUT2D eigenvalue weighted by atomic mass is 9.76. The van der Waals surface area contributed by atoms with Gasteiger partial charge in [-0.3, -0.25) is 4.79 Å². The highest BCUT2D eigenvalue weighted by molar-refractivity contribution is 6.01. The highest BCUT2D eigenvalue weighted by atomic mass is 16.5. The van der Waals surface area contributed by atoms with E-state index < -0.39 is 0 Å². The summed E-state index contributed by atoms with van der Waals surface area (Å²) in [5, 5.41) is 6.72. The van der Waals surface area contributed by atoms with Crippen LogP contribution in [0.25, 0.3) is 0 Å². The molecule has 4 rings (SSSR count). The molecule has 164 valence electrons. The summed E-state index contributed by atoms with van der Waals surface area (Å²) < 4.78 is 16.7. The summed E-state index contributed by atoms with van der Waals surface area (Å²) >= 11 is 0. The molecule has 1 aliphatic carbocycles. The third-order valence-corrected chi connectivity index (χ3v) is 6.11. The van der Waals surface area contributed by atoms with E-state index in [0.29, 0.717) is 28.7 Å². The Morgan fingerprint density at radius 1 is 1.10 bits per heavy atom. The van der Waals surface area contributed by atoms with Gasteiger partial charge >= 0.3 is 0 Å². The molecule has 2 N–H and O–H groups in total. The van der Waals surface area contributed by atoms with Gasteiger partial charge < -0.3 is 24.8 Å². The van der Waals surface area contributed by atoms with E-state index in [9.17, 15) is 4.79 Å². The lowest BCUT2D eigenvalue weighted by Gasteiger charge is -2.38. The van der Waals surface area contributed by atoms with Crippen LogP contribution in [0.1, 0.15) is 53.7 Å². The quantitative estimate of drug-likeness (QED) is 0.662. The van der Waals surface area contributed by atoms with E-state index in [1.165, 1.54) is 5.56 Å². The van der Waals surface area contributed by atoms with Crippen LogP contribution in [0, 0.1) is 5.92 Å². The van der Waals surface area contributed by atoms with Crippen molar-refractivity contribution in [3.8, 4) is 17.2 Å². The SMILES string of the molecule is COc1cc(C2Nc3c(C(=O)NC(C)C)cccc3C3C=CCC32)cc(OC)c1OC. The van der Waals surface area contributed by atoms with Crippen molar-refractivity contribution in [1.82, 2.24) is 5.32 Å². The first-order chi connectivity index (χ1) is 15.0. The number of rotatable bonds is 6. The Labute approximate surface area is 183 Å². The topological polar surface area (TPSA) is 68.8 Å². The first-order valence-corrected chi connectivity index (χ1v) is 10.6. The number of anilines is 1. The number of fused-ring (bicyclic) bond motifs is 3. The summed E-state index contributed by atoms with van der Waals surface area (Å²) in [5.74, 6) is 2.33. The van der Waals surface area contributed by atoms with Crippen LogP contribution in [0.4, 0.5) is 5.69 Å². The molecule has 1 amide bonds. The summed E-state index contributed by atoms with van der Waals surface area (Å²) in [6.07, 6.45) is 5.46. The lowest BCUT2D eigenvalue weighted by molar-refractivity contribution is 0.0943. The number of carbonyl (C=O) groups excluding carboxylic acids is 1. The molecule has 1 aliphatic heterocycles. The fraction of sp³-hybridized carbons (Fsp3) is 0.400. The number of hydrogen-bond donors (Lipinski definition) is 2. The predicted molar refractivity (Wildman–Crippen MR) is 121 cm³/mol. The van der Waals surface area contributed by atoms with Crippen LogP contribution >= 0.6 is 0 Å². The van der Waals surface area contributed by atoms with Crippen LogP contribution in [0.15, 0.2) is 42.5 Å². The van der Waals surface area contributed by atoms with Gasteiger partial charge in [0.25, 0.3) is 5.91 Å². The Hall–Kier alpha value is -3.15. The highest BCUT2D eigenvalue weighted by Gasteiger charge is 2.40. The van der Waals surface area contributed by atoms with Crippen LogP contribution < -0.4 is 24.8 Å². The number of para-hydroxylation sites is 1. The third-order valence-electron chi connectivity index (χ3n) is 6.11. The average molecular weight is 423 g/mol.